The molecular formula is C26H33F4N5O2. The maximum atomic E-state index is 14.3. The fraction of sp³-hybridized carbons (Fsp3) is 0.500. The Morgan fingerprint density at radius 2 is 1.70 bits per heavy atom. The van der Waals surface area contributed by atoms with Crippen LogP contribution in [0.4, 0.5) is 33.7 Å². The first-order valence-corrected chi connectivity index (χ1v) is 12.4. The highest BCUT2D eigenvalue weighted by molar-refractivity contribution is 5.90. The highest BCUT2D eigenvalue weighted by atomic mass is 19.4. The lowest BCUT2D eigenvalue weighted by molar-refractivity contribution is -0.140. The minimum atomic E-state index is -4.71. The van der Waals surface area contributed by atoms with Crippen LogP contribution in [0.3, 0.4) is 0 Å². The molecule has 0 radical (unpaired) electrons. The fourth-order valence-corrected chi connectivity index (χ4v) is 4.71. The van der Waals surface area contributed by atoms with Crippen LogP contribution in [0.15, 0.2) is 36.4 Å². The van der Waals surface area contributed by atoms with Gasteiger partial charge in [0.25, 0.3) is 0 Å². The number of amides is 2. The Labute approximate surface area is 214 Å². The number of alkyl halides is 3. The van der Waals surface area contributed by atoms with E-state index in [0.29, 0.717) is 38.4 Å². The zero-order chi connectivity index (χ0) is 26.6. The molecule has 2 aliphatic heterocycles. The van der Waals surface area contributed by atoms with E-state index in [1.165, 1.54) is 12.1 Å². The minimum Gasteiger partial charge on any atom is -0.495 e. The molecule has 7 nitrogen and oxygen atoms in total. The second kappa shape index (κ2) is 11.6. The van der Waals surface area contributed by atoms with E-state index in [1.807, 2.05) is 23.1 Å². The van der Waals surface area contributed by atoms with Crippen molar-refractivity contribution in [1.82, 2.24) is 14.7 Å². The summed E-state index contributed by atoms with van der Waals surface area (Å²) >= 11 is 0. The molecule has 2 aromatic rings. The molecule has 2 amide bonds. The van der Waals surface area contributed by atoms with Crippen LogP contribution in [0, 0.1) is 5.82 Å². The van der Waals surface area contributed by atoms with Crippen molar-refractivity contribution in [3.05, 3.63) is 53.3 Å². The van der Waals surface area contributed by atoms with Crippen LogP contribution in [0.2, 0.25) is 0 Å². The van der Waals surface area contributed by atoms with Gasteiger partial charge < -0.3 is 24.8 Å². The van der Waals surface area contributed by atoms with Crippen molar-refractivity contribution in [3.63, 3.8) is 0 Å². The number of hydrogen-bond donors (Lipinski definition) is 1. The summed E-state index contributed by atoms with van der Waals surface area (Å²) in [7, 11) is 3.72. The Morgan fingerprint density at radius 3 is 2.35 bits per heavy atom. The number of halogens is 4. The fourth-order valence-electron chi connectivity index (χ4n) is 4.71. The first kappa shape index (κ1) is 27.0. The number of urea groups is 1. The summed E-state index contributed by atoms with van der Waals surface area (Å²) in [5, 5.41) is 2.97. The highest BCUT2D eigenvalue weighted by Gasteiger charge is 2.34. The van der Waals surface area contributed by atoms with Gasteiger partial charge in [0.2, 0.25) is 0 Å². The van der Waals surface area contributed by atoms with Gasteiger partial charge in [0.15, 0.2) is 0 Å². The van der Waals surface area contributed by atoms with E-state index in [0.717, 1.165) is 43.7 Å². The second-order valence-electron chi connectivity index (χ2n) is 9.46. The van der Waals surface area contributed by atoms with Gasteiger partial charge in [-0.2, -0.15) is 13.2 Å². The van der Waals surface area contributed by atoms with E-state index in [1.54, 1.807) is 12.0 Å². The number of ether oxygens (including phenoxy) is 1. The zero-order valence-corrected chi connectivity index (χ0v) is 21.2. The number of benzene rings is 2. The second-order valence-corrected chi connectivity index (χ2v) is 9.46. The van der Waals surface area contributed by atoms with Crippen LogP contribution >= 0.6 is 0 Å². The van der Waals surface area contributed by atoms with Crippen molar-refractivity contribution >= 4 is 17.4 Å². The summed E-state index contributed by atoms with van der Waals surface area (Å²) in [5.41, 5.74) is 0.439. The molecular weight excluding hydrogens is 490 g/mol. The molecule has 2 heterocycles. The molecule has 202 valence electrons. The molecule has 4 rings (SSSR count). The average Bonchev–Trinajstić information content (AvgIpc) is 2.88. The number of anilines is 2. The molecule has 2 fully saturated rings. The van der Waals surface area contributed by atoms with E-state index < -0.39 is 17.6 Å². The molecule has 2 aliphatic rings. The number of methoxy groups -OCH3 is 1. The van der Waals surface area contributed by atoms with Crippen molar-refractivity contribution in [2.24, 2.45) is 0 Å². The number of rotatable bonds is 6. The third kappa shape index (κ3) is 6.64. The summed E-state index contributed by atoms with van der Waals surface area (Å²) in [6.07, 6.45) is -4.54. The summed E-state index contributed by atoms with van der Waals surface area (Å²) in [4.78, 5) is 21.2. The molecule has 1 N–H and O–H groups in total. The Morgan fingerprint density at radius 1 is 1.00 bits per heavy atom. The van der Waals surface area contributed by atoms with Gasteiger partial charge in [-0.05, 0) is 43.3 Å². The zero-order valence-electron chi connectivity index (χ0n) is 21.2. The van der Waals surface area contributed by atoms with Crippen LogP contribution in [0.5, 0.6) is 5.75 Å². The lowest BCUT2D eigenvalue weighted by Crippen LogP contribution is -2.50. The first-order valence-electron chi connectivity index (χ1n) is 12.4. The van der Waals surface area contributed by atoms with Crippen molar-refractivity contribution < 1.29 is 27.1 Å². The SMILES string of the molecule is COc1ccc(NC(=O)N2CCN(CCc3cccc(C(F)(F)F)c3F)CC2)cc1N1CCN(C)CC1. The third-order valence-corrected chi connectivity index (χ3v) is 7.02. The topological polar surface area (TPSA) is 51.3 Å². The average molecular weight is 524 g/mol. The number of piperazine rings is 2. The van der Waals surface area contributed by atoms with E-state index in [9.17, 15) is 22.4 Å². The molecule has 2 saturated heterocycles. The molecule has 11 heteroatoms. The highest BCUT2D eigenvalue weighted by Crippen LogP contribution is 2.33. The van der Waals surface area contributed by atoms with E-state index in [4.69, 9.17) is 4.74 Å². The standard InChI is InChI=1S/C26H33F4N5O2/c1-32-10-14-34(15-11-32)22-18-20(6-7-23(22)37-2)31-25(36)35-16-12-33(13-17-35)9-8-19-4-3-5-21(24(19)27)26(28,29)30/h3-7,18H,8-17H2,1-2H3,(H,31,36). The Balaban J connectivity index is 1.30. The smallest absolute Gasteiger partial charge is 0.419 e. The molecule has 0 unspecified atom stereocenters. The molecule has 0 aliphatic carbocycles. The van der Waals surface area contributed by atoms with Crippen molar-refractivity contribution in [3.8, 4) is 5.75 Å². The maximum Gasteiger partial charge on any atom is 0.419 e. The van der Waals surface area contributed by atoms with E-state index in [2.05, 4.69) is 22.2 Å². The maximum absolute atomic E-state index is 14.3. The molecule has 0 saturated carbocycles. The largest absolute Gasteiger partial charge is 0.495 e. The number of nitrogens with zero attached hydrogens (tertiary/aromatic N) is 4. The van der Waals surface area contributed by atoms with Gasteiger partial charge in [0.05, 0.1) is 18.4 Å². The quantitative estimate of drug-likeness (QED) is 0.581. The van der Waals surface area contributed by atoms with E-state index >= 15 is 0 Å². The third-order valence-electron chi connectivity index (χ3n) is 7.02. The Bertz CT molecular complexity index is 1080. The van der Waals surface area contributed by atoms with Gasteiger partial charge in [-0.3, -0.25) is 4.90 Å². The lowest BCUT2D eigenvalue weighted by atomic mass is 10.1. The molecule has 0 bridgehead atoms. The monoisotopic (exact) mass is 523 g/mol. The molecule has 37 heavy (non-hydrogen) atoms. The number of carbonyl (C=O) groups is 1. The van der Waals surface area contributed by atoms with E-state index in [-0.39, 0.29) is 18.0 Å². The first-order chi connectivity index (χ1) is 17.7. The van der Waals surface area contributed by atoms with Gasteiger partial charge >= 0.3 is 12.2 Å². The number of likely N-dealkylation sites (N-methyl/N-ethyl adjacent to an activating group) is 1. The summed E-state index contributed by atoms with van der Waals surface area (Å²) < 4.78 is 58.7. The Hall–Kier alpha value is -3.05. The molecule has 0 atom stereocenters. The van der Waals surface area contributed by atoms with Gasteiger partial charge in [-0.1, -0.05) is 12.1 Å². The van der Waals surface area contributed by atoms with Crippen LogP contribution in [-0.4, -0.2) is 93.8 Å². The predicted molar refractivity (Wildman–Crippen MR) is 135 cm³/mol. The van der Waals surface area contributed by atoms with Gasteiger partial charge in [0, 0.05) is 64.6 Å². The molecule has 0 aromatic heterocycles. The summed E-state index contributed by atoms with van der Waals surface area (Å²) in [6.45, 7) is 6.12. The van der Waals surface area contributed by atoms with Crippen LogP contribution in [-0.2, 0) is 12.6 Å². The molecule has 2 aromatic carbocycles. The van der Waals surface area contributed by atoms with Gasteiger partial charge in [0.1, 0.15) is 11.6 Å². The summed E-state index contributed by atoms with van der Waals surface area (Å²) in [6, 6.07) is 8.77. The Kier molecular flexibility index (Phi) is 8.43. The van der Waals surface area contributed by atoms with Gasteiger partial charge in [-0.25, -0.2) is 9.18 Å². The summed E-state index contributed by atoms with van der Waals surface area (Å²) in [5.74, 6) is -0.447. The number of nitrogens with one attached hydrogen (secondary N) is 1. The van der Waals surface area contributed by atoms with Crippen molar-refractivity contribution in [2.45, 2.75) is 12.6 Å². The minimum absolute atomic E-state index is 0.0469. The van der Waals surface area contributed by atoms with Crippen LogP contribution in [0.1, 0.15) is 11.1 Å². The predicted octanol–water partition coefficient (Wildman–Crippen LogP) is 4.00. The van der Waals surface area contributed by atoms with Crippen LogP contribution in [0.25, 0.3) is 0 Å². The van der Waals surface area contributed by atoms with Crippen molar-refractivity contribution in [2.75, 3.05) is 83.3 Å². The number of hydrogen-bond acceptors (Lipinski definition) is 5. The normalized spacial score (nSPS) is 17.7. The van der Waals surface area contributed by atoms with Crippen molar-refractivity contribution in [1.29, 1.82) is 0 Å². The molecule has 0 spiro atoms. The lowest BCUT2D eigenvalue weighted by Gasteiger charge is -2.35. The number of carbonyl (C=O) groups excluding carboxylic acids is 1. The van der Waals surface area contributed by atoms with Gasteiger partial charge in [-0.15, -0.1) is 0 Å². The van der Waals surface area contributed by atoms with Crippen LogP contribution < -0.4 is 15.0 Å².